The zero-order valence-electron chi connectivity index (χ0n) is 11.9. The Morgan fingerprint density at radius 2 is 2.05 bits per heavy atom. The minimum atomic E-state index is -3.20. The number of anilines is 1. The van der Waals surface area contributed by atoms with E-state index >= 15 is 0 Å². The maximum Gasteiger partial charge on any atom is 0.175 e. The average Bonchev–Trinajstić information content (AvgIpc) is 2.90. The molecule has 1 unspecified atom stereocenters. The molecule has 108 valence electrons. The van der Waals surface area contributed by atoms with Crippen LogP contribution in [0.1, 0.15) is 30.7 Å². The Kier molecular flexibility index (Phi) is 4.18. The minimum absolute atomic E-state index is 0.0264. The molecule has 0 aliphatic carbocycles. The molecular formula is C15H19NO3S. The first-order valence-corrected chi connectivity index (χ1v) is 8.41. The predicted octanol–water partition coefficient (Wildman–Crippen LogP) is 3.55. The van der Waals surface area contributed by atoms with Gasteiger partial charge in [0.1, 0.15) is 5.76 Å². The largest absolute Gasteiger partial charge is 0.467 e. The Labute approximate surface area is 119 Å². The van der Waals surface area contributed by atoms with Gasteiger partial charge in [0.05, 0.1) is 17.2 Å². The fourth-order valence-electron chi connectivity index (χ4n) is 2.04. The van der Waals surface area contributed by atoms with Gasteiger partial charge in [-0.25, -0.2) is 8.42 Å². The summed E-state index contributed by atoms with van der Waals surface area (Å²) in [5, 5.41) is 3.35. The van der Waals surface area contributed by atoms with Crippen molar-refractivity contribution >= 4 is 15.5 Å². The number of aryl methyl sites for hydroxylation is 1. The van der Waals surface area contributed by atoms with Gasteiger partial charge in [-0.2, -0.15) is 0 Å². The topological polar surface area (TPSA) is 59.3 Å². The summed E-state index contributed by atoms with van der Waals surface area (Å²) in [5.74, 6) is 0.844. The molecule has 1 heterocycles. The standard InChI is InChI=1S/C15H19NO3S/c1-4-13(15-6-5-9-19-15)16-14-10-12(20(3,17)18)8-7-11(14)2/h5-10,13,16H,4H2,1-3H3. The molecule has 0 aliphatic rings. The van der Waals surface area contributed by atoms with E-state index in [-0.39, 0.29) is 6.04 Å². The molecule has 1 aromatic heterocycles. The lowest BCUT2D eigenvalue weighted by atomic mass is 10.1. The SMILES string of the molecule is CCC(Nc1cc(S(C)(=O)=O)ccc1C)c1ccco1. The van der Waals surface area contributed by atoms with Crippen molar-refractivity contribution in [2.75, 3.05) is 11.6 Å². The van der Waals surface area contributed by atoms with Crippen LogP contribution in [0.25, 0.3) is 0 Å². The number of nitrogens with one attached hydrogen (secondary N) is 1. The van der Waals surface area contributed by atoms with Crippen molar-refractivity contribution in [2.45, 2.75) is 31.2 Å². The van der Waals surface area contributed by atoms with Crippen LogP contribution in [0.15, 0.2) is 45.9 Å². The molecule has 2 aromatic rings. The van der Waals surface area contributed by atoms with E-state index in [9.17, 15) is 8.42 Å². The highest BCUT2D eigenvalue weighted by molar-refractivity contribution is 7.90. The van der Waals surface area contributed by atoms with Crippen LogP contribution in [0, 0.1) is 6.92 Å². The first kappa shape index (κ1) is 14.7. The molecule has 4 nitrogen and oxygen atoms in total. The molecule has 5 heteroatoms. The molecule has 0 saturated carbocycles. The highest BCUT2D eigenvalue weighted by atomic mass is 32.2. The third-order valence-corrected chi connectivity index (χ3v) is 4.37. The summed E-state index contributed by atoms with van der Waals surface area (Å²) in [6.45, 7) is 4.00. The summed E-state index contributed by atoms with van der Waals surface area (Å²) in [4.78, 5) is 0.319. The third-order valence-electron chi connectivity index (χ3n) is 3.26. The van der Waals surface area contributed by atoms with Crippen molar-refractivity contribution in [1.29, 1.82) is 0 Å². The van der Waals surface area contributed by atoms with Crippen LogP contribution in [-0.2, 0) is 9.84 Å². The number of rotatable bonds is 5. The molecule has 1 N–H and O–H groups in total. The molecule has 0 fully saturated rings. The van der Waals surface area contributed by atoms with Gasteiger partial charge in [0.15, 0.2) is 9.84 Å². The second-order valence-electron chi connectivity index (χ2n) is 4.87. The smallest absolute Gasteiger partial charge is 0.175 e. The lowest BCUT2D eigenvalue weighted by Gasteiger charge is -2.18. The molecule has 1 atom stereocenters. The Hall–Kier alpha value is -1.75. The summed E-state index contributed by atoms with van der Waals surface area (Å²) in [6.07, 6.45) is 3.70. The zero-order chi connectivity index (χ0) is 14.8. The summed E-state index contributed by atoms with van der Waals surface area (Å²) in [5.41, 5.74) is 1.82. The van der Waals surface area contributed by atoms with Gasteiger partial charge in [0.2, 0.25) is 0 Å². The van der Waals surface area contributed by atoms with Crippen LogP contribution < -0.4 is 5.32 Å². The Balaban J connectivity index is 2.33. The highest BCUT2D eigenvalue weighted by Gasteiger charge is 2.15. The van der Waals surface area contributed by atoms with E-state index in [2.05, 4.69) is 12.2 Å². The number of hydrogen-bond acceptors (Lipinski definition) is 4. The third kappa shape index (κ3) is 3.22. The first-order chi connectivity index (χ1) is 9.41. The number of furan rings is 1. The van der Waals surface area contributed by atoms with Crippen molar-refractivity contribution < 1.29 is 12.8 Å². The summed E-state index contributed by atoms with van der Waals surface area (Å²) in [6, 6.07) is 8.91. The molecule has 0 bridgehead atoms. The molecule has 2 rings (SSSR count). The summed E-state index contributed by atoms with van der Waals surface area (Å²) < 4.78 is 28.7. The van der Waals surface area contributed by atoms with Crippen LogP contribution in [0.3, 0.4) is 0 Å². The fraction of sp³-hybridized carbons (Fsp3) is 0.333. The molecule has 0 saturated heterocycles. The number of sulfone groups is 1. The molecule has 20 heavy (non-hydrogen) atoms. The van der Waals surface area contributed by atoms with Gasteiger partial charge in [-0.15, -0.1) is 0 Å². The maximum absolute atomic E-state index is 11.6. The number of benzene rings is 1. The molecule has 0 radical (unpaired) electrons. The predicted molar refractivity (Wildman–Crippen MR) is 79.7 cm³/mol. The van der Waals surface area contributed by atoms with Crippen molar-refractivity contribution in [3.05, 3.63) is 47.9 Å². The Morgan fingerprint density at radius 3 is 2.60 bits per heavy atom. The molecule has 0 spiro atoms. The number of hydrogen-bond donors (Lipinski definition) is 1. The van der Waals surface area contributed by atoms with E-state index in [0.717, 1.165) is 23.4 Å². The van der Waals surface area contributed by atoms with Crippen LogP contribution in [0.4, 0.5) is 5.69 Å². The van der Waals surface area contributed by atoms with Gasteiger partial charge in [0.25, 0.3) is 0 Å². The van der Waals surface area contributed by atoms with Crippen molar-refractivity contribution in [1.82, 2.24) is 0 Å². The quantitative estimate of drug-likeness (QED) is 0.915. The monoisotopic (exact) mass is 293 g/mol. The van der Waals surface area contributed by atoms with E-state index in [4.69, 9.17) is 4.42 Å². The Bertz CT molecular complexity index is 675. The normalized spacial score (nSPS) is 13.2. The second-order valence-corrected chi connectivity index (χ2v) is 6.89. The van der Waals surface area contributed by atoms with Crippen molar-refractivity contribution in [3.8, 4) is 0 Å². The zero-order valence-corrected chi connectivity index (χ0v) is 12.7. The molecular weight excluding hydrogens is 274 g/mol. The van der Waals surface area contributed by atoms with Gasteiger partial charge >= 0.3 is 0 Å². The van der Waals surface area contributed by atoms with Crippen LogP contribution >= 0.6 is 0 Å². The highest BCUT2D eigenvalue weighted by Crippen LogP contribution is 2.27. The van der Waals surface area contributed by atoms with Gasteiger partial charge < -0.3 is 9.73 Å². The minimum Gasteiger partial charge on any atom is -0.467 e. The van der Waals surface area contributed by atoms with E-state index in [0.29, 0.717) is 4.90 Å². The molecule has 0 amide bonds. The summed E-state index contributed by atoms with van der Waals surface area (Å²) in [7, 11) is -3.20. The lowest BCUT2D eigenvalue weighted by molar-refractivity contribution is 0.474. The van der Waals surface area contributed by atoms with Crippen molar-refractivity contribution in [2.24, 2.45) is 0 Å². The second kappa shape index (κ2) is 5.71. The van der Waals surface area contributed by atoms with Crippen molar-refractivity contribution in [3.63, 3.8) is 0 Å². The van der Waals surface area contributed by atoms with E-state index in [1.807, 2.05) is 25.1 Å². The van der Waals surface area contributed by atoms with E-state index in [1.54, 1.807) is 18.4 Å². The molecule has 1 aromatic carbocycles. The summed E-state index contributed by atoms with van der Waals surface area (Å²) >= 11 is 0. The van der Waals surface area contributed by atoms with Gasteiger partial charge in [-0.3, -0.25) is 0 Å². The first-order valence-electron chi connectivity index (χ1n) is 6.52. The van der Waals surface area contributed by atoms with E-state index < -0.39 is 9.84 Å². The van der Waals surface area contributed by atoms with Crippen LogP contribution in [-0.4, -0.2) is 14.7 Å². The average molecular weight is 293 g/mol. The van der Waals surface area contributed by atoms with Gasteiger partial charge in [-0.1, -0.05) is 13.0 Å². The molecule has 0 aliphatic heterocycles. The van der Waals surface area contributed by atoms with Crippen LogP contribution in [0.5, 0.6) is 0 Å². The van der Waals surface area contributed by atoms with Gasteiger partial charge in [0, 0.05) is 11.9 Å². The Morgan fingerprint density at radius 1 is 1.30 bits per heavy atom. The van der Waals surface area contributed by atoms with Crippen LogP contribution in [0.2, 0.25) is 0 Å². The van der Waals surface area contributed by atoms with Gasteiger partial charge in [-0.05, 0) is 43.2 Å². The van der Waals surface area contributed by atoms with E-state index in [1.165, 1.54) is 6.26 Å². The lowest BCUT2D eigenvalue weighted by Crippen LogP contribution is -2.10. The fourth-order valence-corrected chi connectivity index (χ4v) is 2.69. The maximum atomic E-state index is 11.6.